The SMILES string of the molecule is CCc1cccc(CC)c1-n1c(SCNC(=O)c2ccccc2N=N)nnc1-c1cccnc1. The van der Waals surface area contributed by atoms with Crippen LogP contribution < -0.4 is 5.32 Å². The molecule has 0 aliphatic rings. The van der Waals surface area contributed by atoms with E-state index in [4.69, 9.17) is 5.53 Å². The zero-order chi connectivity index (χ0) is 23.9. The average molecular weight is 472 g/mol. The van der Waals surface area contributed by atoms with Crippen LogP contribution in [0.3, 0.4) is 0 Å². The lowest BCUT2D eigenvalue weighted by Gasteiger charge is -2.18. The second kappa shape index (κ2) is 10.8. The van der Waals surface area contributed by atoms with E-state index in [1.165, 1.54) is 22.9 Å². The molecule has 0 saturated heterocycles. The lowest BCUT2D eigenvalue weighted by molar-refractivity contribution is 0.0961. The van der Waals surface area contributed by atoms with Crippen molar-refractivity contribution in [2.75, 3.05) is 5.88 Å². The number of aryl methyl sites for hydroxylation is 2. The van der Waals surface area contributed by atoms with E-state index in [1.54, 1.807) is 36.7 Å². The van der Waals surface area contributed by atoms with E-state index < -0.39 is 0 Å². The summed E-state index contributed by atoms with van der Waals surface area (Å²) >= 11 is 1.39. The number of amides is 1. The van der Waals surface area contributed by atoms with Crippen LogP contribution in [0, 0.1) is 5.53 Å². The minimum Gasteiger partial charge on any atom is -0.342 e. The molecule has 2 aromatic heterocycles. The molecule has 4 aromatic rings. The maximum Gasteiger partial charge on any atom is 0.254 e. The highest BCUT2D eigenvalue weighted by atomic mass is 32.2. The van der Waals surface area contributed by atoms with Crippen LogP contribution in [0.5, 0.6) is 0 Å². The van der Waals surface area contributed by atoms with Crippen LogP contribution in [0.25, 0.3) is 17.1 Å². The van der Waals surface area contributed by atoms with E-state index >= 15 is 0 Å². The van der Waals surface area contributed by atoms with Gasteiger partial charge in [-0.25, -0.2) is 5.53 Å². The van der Waals surface area contributed by atoms with Crippen molar-refractivity contribution in [2.45, 2.75) is 31.8 Å². The highest BCUT2D eigenvalue weighted by Crippen LogP contribution is 2.32. The number of nitrogens with zero attached hydrogens (tertiary/aromatic N) is 5. The molecule has 0 bridgehead atoms. The first-order valence-electron chi connectivity index (χ1n) is 11.0. The summed E-state index contributed by atoms with van der Waals surface area (Å²) in [6.45, 7) is 4.27. The Morgan fingerprint density at radius 2 is 1.79 bits per heavy atom. The Kier molecular flexibility index (Phi) is 7.44. The van der Waals surface area contributed by atoms with Crippen LogP contribution in [0.4, 0.5) is 5.69 Å². The highest BCUT2D eigenvalue weighted by molar-refractivity contribution is 7.99. The van der Waals surface area contributed by atoms with Gasteiger partial charge in [-0.2, -0.15) is 5.11 Å². The zero-order valence-electron chi connectivity index (χ0n) is 19.0. The fourth-order valence-electron chi connectivity index (χ4n) is 3.77. The summed E-state index contributed by atoms with van der Waals surface area (Å²) in [5.41, 5.74) is 12.3. The molecule has 172 valence electrons. The van der Waals surface area contributed by atoms with E-state index in [2.05, 4.69) is 62.2 Å². The van der Waals surface area contributed by atoms with Gasteiger partial charge in [0.25, 0.3) is 5.91 Å². The average Bonchev–Trinajstić information content (AvgIpc) is 3.31. The summed E-state index contributed by atoms with van der Waals surface area (Å²) in [6.07, 6.45) is 5.23. The molecule has 2 N–H and O–H groups in total. The molecule has 0 spiro atoms. The van der Waals surface area contributed by atoms with Crippen molar-refractivity contribution in [1.82, 2.24) is 25.1 Å². The molecule has 0 saturated carbocycles. The number of thioether (sulfide) groups is 1. The number of carbonyl (C=O) groups excluding carboxylic acids is 1. The van der Waals surface area contributed by atoms with Gasteiger partial charge in [0.05, 0.1) is 22.8 Å². The molecule has 2 heterocycles. The fourth-order valence-corrected chi connectivity index (χ4v) is 4.51. The van der Waals surface area contributed by atoms with E-state index in [0.29, 0.717) is 22.2 Å². The molecule has 0 atom stereocenters. The number of hydrogen-bond donors (Lipinski definition) is 2. The number of aromatic nitrogens is 4. The molecule has 9 heteroatoms. The van der Waals surface area contributed by atoms with Gasteiger partial charge in [0, 0.05) is 18.0 Å². The van der Waals surface area contributed by atoms with Gasteiger partial charge >= 0.3 is 0 Å². The Morgan fingerprint density at radius 3 is 2.47 bits per heavy atom. The summed E-state index contributed by atoms with van der Waals surface area (Å²) in [6, 6.07) is 17.0. The first-order valence-corrected chi connectivity index (χ1v) is 12.0. The van der Waals surface area contributed by atoms with Crippen LogP contribution in [-0.2, 0) is 12.8 Å². The molecular weight excluding hydrogens is 446 g/mol. The first-order chi connectivity index (χ1) is 16.7. The molecule has 34 heavy (non-hydrogen) atoms. The van der Waals surface area contributed by atoms with E-state index in [-0.39, 0.29) is 11.8 Å². The van der Waals surface area contributed by atoms with Crippen LogP contribution in [-0.4, -0.2) is 31.5 Å². The number of para-hydroxylation sites is 2. The van der Waals surface area contributed by atoms with Crippen molar-refractivity contribution in [3.8, 4) is 17.1 Å². The Morgan fingerprint density at radius 1 is 1.03 bits per heavy atom. The lowest BCUT2D eigenvalue weighted by Crippen LogP contribution is -2.23. The summed E-state index contributed by atoms with van der Waals surface area (Å²) < 4.78 is 2.07. The van der Waals surface area contributed by atoms with Crippen LogP contribution in [0.1, 0.15) is 35.3 Å². The Balaban J connectivity index is 1.69. The van der Waals surface area contributed by atoms with Gasteiger partial charge in [0.15, 0.2) is 11.0 Å². The Hall–Kier alpha value is -3.85. The summed E-state index contributed by atoms with van der Waals surface area (Å²) in [4.78, 5) is 16.9. The number of pyridine rings is 1. The second-order valence-electron chi connectivity index (χ2n) is 7.44. The molecule has 2 aromatic carbocycles. The van der Waals surface area contributed by atoms with Gasteiger partial charge in [-0.05, 0) is 48.2 Å². The number of carbonyl (C=O) groups is 1. The van der Waals surface area contributed by atoms with E-state index in [1.807, 2.05) is 12.1 Å². The Labute approximate surface area is 202 Å². The number of benzene rings is 2. The van der Waals surface area contributed by atoms with E-state index in [0.717, 1.165) is 24.1 Å². The van der Waals surface area contributed by atoms with Crippen molar-refractivity contribution in [1.29, 1.82) is 5.53 Å². The number of rotatable bonds is 9. The number of hydrogen-bond acceptors (Lipinski definition) is 7. The lowest BCUT2D eigenvalue weighted by atomic mass is 10.0. The minimum absolute atomic E-state index is 0.284. The van der Waals surface area contributed by atoms with Crippen molar-refractivity contribution >= 4 is 23.4 Å². The molecule has 0 aliphatic carbocycles. The molecule has 0 aliphatic heterocycles. The molecular formula is C25H25N7OS. The van der Waals surface area contributed by atoms with Crippen LogP contribution in [0.2, 0.25) is 0 Å². The third-order valence-corrected chi connectivity index (χ3v) is 6.26. The summed E-state index contributed by atoms with van der Waals surface area (Å²) in [5.74, 6) is 0.697. The van der Waals surface area contributed by atoms with Gasteiger partial charge in [-0.15, -0.1) is 10.2 Å². The van der Waals surface area contributed by atoms with Gasteiger partial charge in [0.1, 0.15) is 0 Å². The minimum atomic E-state index is -0.291. The third kappa shape index (κ3) is 4.74. The van der Waals surface area contributed by atoms with E-state index in [9.17, 15) is 4.79 Å². The molecule has 8 nitrogen and oxygen atoms in total. The quantitative estimate of drug-likeness (QED) is 0.188. The second-order valence-corrected chi connectivity index (χ2v) is 8.38. The van der Waals surface area contributed by atoms with Crippen LogP contribution >= 0.6 is 11.8 Å². The summed E-state index contributed by atoms with van der Waals surface area (Å²) in [5, 5.41) is 16.0. The molecule has 1 amide bonds. The van der Waals surface area contributed by atoms with Gasteiger partial charge in [-0.1, -0.05) is 55.9 Å². The molecule has 0 radical (unpaired) electrons. The maximum absolute atomic E-state index is 12.7. The smallest absolute Gasteiger partial charge is 0.254 e. The first kappa shape index (κ1) is 23.3. The summed E-state index contributed by atoms with van der Waals surface area (Å²) in [7, 11) is 0. The molecule has 4 rings (SSSR count). The largest absolute Gasteiger partial charge is 0.342 e. The topological polar surface area (TPSA) is 109 Å². The number of nitrogens with one attached hydrogen (secondary N) is 2. The Bertz CT molecular complexity index is 1280. The van der Waals surface area contributed by atoms with Crippen LogP contribution in [0.15, 0.2) is 77.3 Å². The van der Waals surface area contributed by atoms with Gasteiger partial charge in [-0.3, -0.25) is 14.3 Å². The van der Waals surface area contributed by atoms with Crippen molar-refractivity contribution in [3.05, 3.63) is 83.7 Å². The van der Waals surface area contributed by atoms with Gasteiger partial charge in [0.2, 0.25) is 0 Å². The van der Waals surface area contributed by atoms with Crippen molar-refractivity contribution in [2.24, 2.45) is 5.11 Å². The third-order valence-electron chi connectivity index (χ3n) is 5.44. The molecule has 0 fully saturated rings. The zero-order valence-corrected chi connectivity index (χ0v) is 19.8. The highest BCUT2D eigenvalue weighted by Gasteiger charge is 2.21. The standard InChI is InChI=1S/C25H25N7OS/c1-3-17-9-7-10-18(4-2)22(17)32-23(19-11-8-14-27-15-19)30-31-25(32)34-16-28-24(33)20-12-5-6-13-21(20)29-26/h5-15,26H,3-4,16H2,1-2H3,(H,28,33). The van der Waals surface area contributed by atoms with Crippen molar-refractivity contribution < 1.29 is 4.79 Å². The van der Waals surface area contributed by atoms with Crippen molar-refractivity contribution in [3.63, 3.8) is 0 Å². The predicted molar refractivity (Wildman–Crippen MR) is 133 cm³/mol. The maximum atomic E-state index is 12.7. The molecule has 0 unspecified atom stereocenters. The fraction of sp³-hybridized carbons (Fsp3) is 0.200. The normalized spacial score (nSPS) is 10.8. The monoisotopic (exact) mass is 471 g/mol. The predicted octanol–water partition coefficient (Wildman–Crippen LogP) is 5.60. The van der Waals surface area contributed by atoms with Gasteiger partial charge < -0.3 is 5.32 Å².